The minimum Gasteiger partial charge on any atom is -0.324 e. The molecule has 1 rings (SSSR count). The molecule has 0 heterocycles. The number of hydrogen-bond acceptors (Lipinski definition) is 1. The molecule has 0 aliphatic carbocycles. The SMILES string of the molecule is CCC(CC)CC(N)c1cc(Br)ccc1C. The summed E-state index contributed by atoms with van der Waals surface area (Å²) in [6.45, 7) is 6.62. The molecule has 0 radical (unpaired) electrons. The van der Waals surface area contributed by atoms with Gasteiger partial charge in [-0.1, -0.05) is 48.7 Å². The molecule has 2 N–H and O–H groups in total. The van der Waals surface area contributed by atoms with Gasteiger partial charge in [-0.25, -0.2) is 0 Å². The average molecular weight is 284 g/mol. The number of benzene rings is 1. The molecule has 2 heteroatoms. The van der Waals surface area contributed by atoms with Crippen molar-refractivity contribution in [3.05, 3.63) is 33.8 Å². The lowest BCUT2D eigenvalue weighted by Crippen LogP contribution is -2.16. The van der Waals surface area contributed by atoms with Crippen molar-refractivity contribution in [3.63, 3.8) is 0 Å². The standard InChI is InChI=1S/C14H22BrN/c1-4-11(5-2)8-14(16)13-9-12(15)7-6-10(13)3/h6-7,9,11,14H,4-5,8,16H2,1-3H3. The Morgan fingerprint density at radius 1 is 1.25 bits per heavy atom. The maximum absolute atomic E-state index is 6.30. The van der Waals surface area contributed by atoms with Gasteiger partial charge in [0.2, 0.25) is 0 Å². The van der Waals surface area contributed by atoms with Crippen LogP contribution < -0.4 is 5.73 Å². The molecule has 0 aromatic heterocycles. The molecule has 0 aliphatic rings. The molecule has 1 aromatic rings. The molecule has 1 aromatic carbocycles. The van der Waals surface area contributed by atoms with Crippen LogP contribution in [0.25, 0.3) is 0 Å². The number of halogens is 1. The van der Waals surface area contributed by atoms with E-state index in [1.54, 1.807) is 0 Å². The van der Waals surface area contributed by atoms with E-state index in [1.807, 2.05) is 0 Å². The van der Waals surface area contributed by atoms with Gasteiger partial charge in [-0.05, 0) is 42.5 Å². The van der Waals surface area contributed by atoms with E-state index < -0.39 is 0 Å². The molecular weight excluding hydrogens is 262 g/mol. The highest BCUT2D eigenvalue weighted by Gasteiger charge is 2.14. The highest BCUT2D eigenvalue weighted by Crippen LogP contribution is 2.27. The normalized spacial score (nSPS) is 13.1. The smallest absolute Gasteiger partial charge is 0.0300 e. The second kappa shape index (κ2) is 6.41. The van der Waals surface area contributed by atoms with Crippen molar-refractivity contribution in [1.29, 1.82) is 0 Å². The summed E-state index contributed by atoms with van der Waals surface area (Å²) in [6, 6.07) is 6.53. The Morgan fingerprint density at radius 2 is 1.88 bits per heavy atom. The van der Waals surface area contributed by atoms with Gasteiger partial charge in [0.05, 0.1) is 0 Å². The van der Waals surface area contributed by atoms with Gasteiger partial charge in [0, 0.05) is 10.5 Å². The fourth-order valence-corrected chi connectivity index (χ4v) is 2.50. The summed E-state index contributed by atoms with van der Waals surface area (Å²) in [6.07, 6.45) is 3.53. The molecule has 0 saturated carbocycles. The topological polar surface area (TPSA) is 26.0 Å². The van der Waals surface area contributed by atoms with E-state index in [1.165, 1.54) is 24.0 Å². The molecule has 0 fully saturated rings. The third kappa shape index (κ3) is 3.60. The van der Waals surface area contributed by atoms with Crippen LogP contribution in [0.1, 0.15) is 50.3 Å². The van der Waals surface area contributed by atoms with Crippen molar-refractivity contribution >= 4 is 15.9 Å². The first kappa shape index (κ1) is 13.7. The first-order valence-corrected chi connectivity index (χ1v) is 6.89. The first-order chi connectivity index (χ1) is 7.58. The van der Waals surface area contributed by atoms with Crippen molar-refractivity contribution in [2.45, 2.75) is 46.1 Å². The highest BCUT2D eigenvalue weighted by atomic mass is 79.9. The summed E-state index contributed by atoms with van der Waals surface area (Å²) in [4.78, 5) is 0. The Bertz CT molecular complexity index is 332. The van der Waals surface area contributed by atoms with Crippen LogP contribution in [0.15, 0.2) is 22.7 Å². The fraction of sp³-hybridized carbons (Fsp3) is 0.571. The molecule has 0 aliphatic heterocycles. The summed E-state index contributed by atoms with van der Waals surface area (Å²) in [5.41, 5.74) is 8.87. The lowest BCUT2D eigenvalue weighted by atomic mass is 9.90. The zero-order valence-corrected chi connectivity index (χ0v) is 12.0. The monoisotopic (exact) mass is 283 g/mol. The van der Waals surface area contributed by atoms with Crippen LogP contribution >= 0.6 is 15.9 Å². The Labute approximate surface area is 108 Å². The van der Waals surface area contributed by atoms with Crippen LogP contribution in [0, 0.1) is 12.8 Å². The van der Waals surface area contributed by atoms with Crippen LogP contribution in [-0.2, 0) is 0 Å². The number of nitrogens with two attached hydrogens (primary N) is 1. The first-order valence-electron chi connectivity index (χ1n) is 6.10. The molecule has 0 bridgehead atoms. The Kier molecular flexibility index (Phi) is 5.50. The van der Waals surface area contributed by atoms with Gasteiger partial charge < -0.3 is 5.73 Å². The average Bonchev–Trinajstić information content (AvgIpc) is 2.28. The maximum Gasteiger partial charge on any atom is 0.0300 e. The van der Waals surface area contributed by atoms with E-state index in [0.29, 0.717) is 0 Å². The van der Waals surface area contributed by atoms with Crippen molar-refractivity contribution in [3.8, 4) is 0 Å². The zero-order valence-electron chi connectivity index (χ0n) is 10.5. The Balaban J connectivity index is 2.79. The summed E-state index contributed by atoms with van der Waals surface area (Å²) in [5, 5.41) is 0. The van der Waals surface area contributed by atoms with Gasteiger partial charge in [-0.3, -0.25) is 0 Å². The second-order valence-electron chi connectivity index (χ2n) is 4.53. The van der Waals surface area contributed by atoms with Crippen LogP contribution in [-0.4, -0.2) is 0 Å². The second-order valence-corrected chi connectivity index (χ2v) is 5.44. The number of hydrogen-bond donors (Lipinski definition) is 1. The van der Waals surface area contributed by atoms with Gasteiger partial charge in [0.1, 0.15) is 0 Å². The summed E-state index contributed by atoms with van der Waals surface area (Å²) in [5.74, 6) is 0.744. The summed E-state index contributed by atoms with van der Waals surface area (Å²) >= 11 is 3.51. The van der Waals surface area contributed by atoms with E-state index in [0.717, 1.165) is 16.8 Å². The van der Waals surface area contributed by atoms with E-state index >= 15 is 0 Å². The van der Waals surface area contributed by atoms with Crippen molar-refractivity contribution in [2.75, 3.05) is 0 Å². The molecule has 0 amide bonds. The largest absolute Gasteiger partial charge is 0.324 e. The Hall–Kier alpha value is -0.340. The van der Waals surface area contributed by atoms with Gasteiger partial charge in [0.15, 0.2) is 0 Å². The predicted molar refractivity (Wildman–Crippen MR) is 74.5 cm³/mol. The van der Waals surface area contributed by atoms with Crippen LogP contribution in [0.5, 0.6) is 0 Å². The number of rotatable bonds is 5. The molecule has 1 atom stereocenters. The minimum atomic E-state index is 0.169. The van der Waals surface area contributed by atoms with Gasteiger partial charge >= 0.3 is 0 Å². The molecular formula is C14H22BrN. The molecule has 16 heavy (non-hydrogen) atoms. The molecule has 1 nitrogen and oxygen atoms in total. The van der Waals surface area contributed by atoms with E-state index in [9.17, 15) is 0 Å². The molecule has 1 unspecified atom stereocenters. The van der Waals surface area contributed by atoms with Crippen LogP contribution in [0.3, 0.4) is 0 Å². The third-order valence-corrected chi connectivity index (χ3v) is 3.88. The molecule has 0 saturated heterocycles. The predicted octanol–water partition coefficient (Wildman–Crippen LogP) is 4.58. The Morgan fingerprint density at radius 3 is 2.44 bits per heavy atom. The van der Waals surface area contributed by atoms with Gasteiger partial charge in [-0.15, -0.1) is 0 Å². The van der Waals surface area contributed by atoms with E-state index in [-0.39, 0.29) is 6.04 Å². The molecule has 0 spiro atoms. The van der Waals surface area contributed by atoms with Crippen LogP contribution in [0.4, 0.5) is 0 Å². The number of aryl methyl sites for hydroxylation is 1. The summed E-state index contributed by atoms with van der Waals surface area (Å²) in [7, 11) is 0. The van der Waals surface area contributed by atoms with Crippen molar-refractivity contribution in [2.24, 2.45) is 11.7 Å². The maximum atomic E-state index is 6.30. The van der Waals surface area contributed by atoms with Crippen molar-refractivity contribution in [1.82, 2.24) is 0 Å². The van der Waals surface area contributed by atoms with Crippen molar-refractivity contribution < 1.29 is 0 Å². The highest BCUT2D eigenvalue weighted by molar-refractivity contribution is 9.10. The third-order valence-electron chi connectivity index (χ3n) is 3.38. The lowest BCUT2D eigenvalue weighted by molar-refractivity contribution is 0.414. The van der Waals surface area contributed by atoms with E-state index in [4.69, 9.17) is 5.73 Å². The molecule has 90 valence electrons. The summed E-state index contributed by atoms with van der Waals surface area (Å²) < 4.78 is 1.12. The lowest BCUT2D eigenvalue weighted by Gasteiger charge is -2.20. The van der Waals surface area contributed by atoms with Gasteiger partial charge in [0.25, 0.3) is 0 Å². The minimum absolute atomic E-state index is 0.169. The van der Waals surface area contributed by atoms with E-state index in [2.05, 4.69) is 54.9 Å². The fourth-order valence-electron chi connectivity index (χ4n) is 2.12. The quantitative estimate of drug-likeness (QED) is 0.841. The van der Waals surface area contributed by atoms with Gasteiger partial charge in [-0.2, -0.15) is 0 Å². The van der Waals surface area contributed by atoms with Crippen LogP contribution in [0.2, 0.25) is 0 Å². The zero-order chi connectivity index (χ0) is 12.1.